The molecule has 10 heteroatoms. The number of rotatable bonds is 7. The summed E-state index contributed by atoms with van der Waals surface area (Å²) in [6, 6.07) is 5.41. The maximum atomic E-state index is 13.3. The van der Waals surface area contributed by atoms with Gasteiger partial charge in [0.2, 0.25) is 0 Å². The van der Waals surface area contributed by atoms with E-state index in [1.54, 1.807) is 46.0 Å². The zero-order chi connectivity index (χ0) is 25.2. The number of carbonyl (C=O) groups excluding carboxylic acids is 2. The third kappa shape index (κ3) is 5.13. The lowest BCUT2D eigenvalue weighted by atomic mass is 10.1. The van der Waals surface area contributed by atoms with E-state index in [4.69, 9.17) is 18.9 Å². The van der Waals surface area contributed by atoms with Crippen LogP contribution in [0.2, 0.25) is 0 Å². The van der Waals surface area contributed by atoms with Crippen LogP contribution in [0, 0.1) is 0 Å². The van der Waals surface area contributed by atoms with Crippen molar-refractivity contribution in [1.29, 1.82) is 0 Å². The van der Waals surface area contributed by atoms with Crippen molar-refractivity contribution in [1.82, 2.24) is 14.5 Å². The monoisotopic (exact) mass is 497 g/mol. The molecule has 0 aliphatic heterocycles. The summed E-state index contributed by atoms with van der Waals surface area (Å²) in [5.74, 6) is 0.0320. The molecule has 0 N–H and O–H groups in total. The molecule has 4 rings (SSSR count). The number of pyridine rings is 1. The number of hydrogen-bond donors (Lipinski definition) is 0. The molecular weight excluding hydrogens is 470 g/mol. The molecule has 4 aromatic rings. The lowest BCUT2D eigenvalue weighted by Crippen LogP contribution is -2.27. The van der Waals surface area contributed by atoms with Crippen molar-refractivity contribution in [3.05, 3.63) is 52.2 Å². The van der Waals surface area contributed by atoms with Crippen LogP contribution in [-0.4, -0.2) is 45.9 Å². The number of nitrogens with zero attached hydrogens (tertiary/aromatic N) is 3. The second kappa shape index (κ2) is 10.0. The first-order valence-corrected chi connectivity index (χ1v) is 12.0. The van der Waals surface area contributed by atoms with Crippen LogP contribution in [0.1, 0.15) is 48.8 Å². The molecule has 0 atom stereocenters. The van der Waals surface area contributed by atoms with Crippen LogP contribution in [0.5, 0.6) is 5.75 Å². The maximum absolute atomic E-state index is 13.3. The number of benzene rings is 1. The lowest BCUT2D eigenvalue weighted by molar-refractivity contribution is 0.0513. The van der Waals surface area contributed by atoms with E-state index in [0.717, 1.165) is 5.01 Å². The van der Waals surface area contributed by atoms with Crippen molar-refractivity contribution < 1.29 is 28.5 Å². The number of aromatic nitrogens is 3. The normalized spacial score (nSPS) is 11.7. The molecule has 0 bridgehead atoms. The van der Waals surface area contributed by atoms with Gasteiger partial charge in [0.05, 0.1) is 30.4 Å². The highest BCUT2D eigenvalue weighted by atomic mass is 32.1. The predicted molar refractivity (Wildman–Crippen MR) is 132 cm³/mol. The molecule has 0 saturated carbocycles. The Balaban J connectivity index is 1.94. The highest BCUT2D eigenvalue weighted by molar-refractivity contribution is 7.09. The fourth-order valence-electron chi connectivity index (χ4n) is 3.77. The molecule has 0 unspecified atom stereocenters. The van der Waals surface area contributed by atoms with Gasteiger partial charge in [0, 0.05) is 35.0 Å². The van der Waals surface area contributed by atoms with Crippen LogP contribution in [-0.2, 0) is 27.4 Å². The minimum Gasteiger partial charge on any atom is -0.486 e. The van der Waals surface area contributed by atoms with Gasteiger partial charge in [-0.1, -0.05) is 0 Å². The molecule has 184 valence electrons. The van der Waals surface area contributed by atoms with Crippen molar-refractivity contribution in [2.75, 3.05) is 13.7 Å². The van der Waals surface area contributed by atoms with Gasteiger partial charge < -0.3 is 18.9 Å². The summed E-state index contributed by atoms with van der Waals surface area (Å²) in [5, 5.41) is 4.07. The zero-order valence-corrected chi connectivity index (χ0v) is 21.1. The summed E-state index contributed by atoms with van der Waals surface area (Å²) >= 11 is 1.50. The Kier molecular flexibility index (Phi) is 7.04. The first-order chi connectivity index (χ1) is 16.7. The van der Waals surface area contributed by atoms with Gasteiger partial charge in [0.1, 0.15) is 23.0 Å². The second-order valence-electron chi connectivity index (χ2n) is 8.71. The Morgan fingerprint density at radius 3 is 2.57 bits per heavy atom. The number of thiazole rings is 1. The van der Waals surface area contributed by atoms with Gasteiger partial charge >= 0.3 is 12.1 Å². The van der Waals surface area contributed by atoms with Crippen molar-refractivity contribution in [3.63, 3.8) is 0 Å². The van der Waals surface area contributed by atoms with Crippen LogP contribution in [0.15, 0.2) is 36.0 Å². The maximum Gasteiger partial charge on any atom is 0.419 e. The molecule has 0 aliphatic carbocycles. The number of hydrogen-bond acceptors (Lipinski definition) is 9. The molecule has 0 spiro atoms. The largest absolute Gasteiger partial charge is 0.486 e. The van der Waals surface area contributed by atoms with Crippen molar-refractivity contribution in [2.24, 2.45) is 0 Å². The summed E-state index contributed by atoms with van der Waals surface area (Å²) in [6.07, 6.45) is 2.66. The van der Waals surface area contributed by atoms with Crippen LogP contribution in [0.4, 0.5) is 4.79 Å². The van der Waals surface area contributed by atoms with Crippen LogP contribution < -0.4 is 4.74 Å². The highest BCUT2D eigenvalue weighted by Crippen LogP contribution is 2.36. The average molecular weight is 498 g/mol. The smallest absolute Gasteiger partial charge is 0.419 e. The second-order valence-corrected chi connectivity index (χ2v) is 9.69. The molecule has 35 heavy (non-hydrogen) atoms. The standard InChI is InChI=1S/C25H27N3O6S/c1-6-32-23(29)22-17(13-31-5)21-16-11-15(33-14-20-26-9-10-35-20)7-8-18(16)28(19(21)12-27-22)24(30)34-25(2,3)4/h7-12H,6,13-14H2,1-5H3. The van der Waals surface area contributed by atoms with Crippen molar-refractivity contribution in [2.45, 2.75) is 46.5 Å². The van der Waals surface area contributed by atoms with E-state index in [1.807, 2.05) is 11.4 Å². The van der Waals surface area contributed by atoms with Crippen molar-refractivity contribution >= 4 is 45.2 Å². The van der Waals surface area contributed by atoms with Crippen molar-refractivity contribution in [3.8, 4) is 5.75 Å². The topological polar surface area (TPSA) is 102 Å². The first kappa shape index (κ1) is 24.6. The Hall–Kier alpha value is -3.50. The molecule has 3 aromatic heterocycles. The predicted octanol–water partition coefficient (Wildman–Crippen LogP) is 5.33. The molecule has 0 saturated heterocycles. The minimum atomic E-state index is -0.704. The van der Waals surface area contributed by atoms with Gasteiger partial charge in [0.25, 0.3) is 0 Å². The van der Waals surface area contributed by atoms with Gasteiger partial charge in [-0.3, -0.25) is 0 Å². The number of ether oxygens (including phenoxy) is 4. The van der Waals surface area contributed by atoms with E-state index < -0.39 is 17.7 Å². The van der Waals surface area contributed by atoms with E-state index in [1.165, 1.54) is 29.2 Å². The fraction of sp³-hybridized carbons (Fsp3) is 0.360. The summed E-state index contributed by atoms with van der Waals surface area (Å²) in [5.41, 5.74) is 1.04. The van der Waals surface area contributed by atoms with Gasteiger partial charge in [-0.25, -0.2) is 24.1 Å². The zero-order valence-electron chi connectivity index (χ0n) is 20.3. The van der Waals surface area contributed by atoms with E-state index in [-0.39, 0.29) is 18.9 Å². The van der Waals surface area contributed by atoms with Gasteiger partial charge in [0.15, 0.2) is 5.69 Å². The molecular formula is C25H27N3O6S. The third-order valence-electron chi connectivity index (χ3n) is 5.06. The Labute approximate surface area is 206 Å². The molecule has 9 nitrogen and oxygen atoms in total. The van der Waals surface area contributed by atoms with Gasteiger partial charge in [-0.05, 0) is 45.9 Å². The summed E-state index contributed by atoms with van der Waals surface area (Å²) in [7, 11) is 1.53. The van der Waals surface area contributed by atoms with E-state index in [9.17, 15) is 9.59 Å². The van der Waals surface area contributed by atoms with Crippen LogP contribution in [0.25, 0.3) is 21.8 Å². The number of fused-ring (bicyclic) bond motifs is 3. The quantitative estimate of drug-likeness (QED) is 0.316. The van der Waals surface area contributed by atoms with Crippen LogP contribution in [0.3, 0.4) is 0 Å². The lowest BCUT2D eigenvalue weighted by Gasteiger charge is -2.20. The Morgan fingerprint density at radius 2 is 1.91 bits per heavy atom. The molecule has 0 radical (unpaired) electrons. The van der Waals surface area contributed by atoms with E-state index in [0.29, 0.717) is 39.7 Å². The number of esters is 1. The first-order valence-electron chi connectivity index (χ1n) is 11.1. The SMILES string of the molecule is CCOC(=O)c1ncc2c(c1COC)c1cc(OCc3nccs3)ccc1n2C(=O)OC(C)(C)C. The van der Waals surface area contributed by atoms with E-state index >= 15 is 0 Å². The summed E-state index contributed by atoms with van der Waals surface area (Å²) in [6.45, 7) is 7.75. The minimum absolute atomic E-state index is 0.0934. The Bertz CT molecular complexity index is 1370. The molecule has 1 aromatic carbocycles. The fourth-order valence-corrected chi connectivity index (χ4v) is 4.30. The molecule has 3 heterocycles. The Morgan fingerprint density at radius 1 is 1.11 bits per heavy atom. The number of carbonyl (C=O) groups is 2. The molecule has 0 fully saturated rings. The summed E-state index contributed by atoms with van der Waals surface area (Å²) < 4.78 is 23.7. The molecule has 0 aliphatic rings. The van der Waals surface area contributed by atoms with Gasteiger partial charge in [-0.2, -0.15) is 0 Å². The average Bonchev–Trinajstić information content (AvgIpc) is 3.42. The van der Waals surface area contributed by atoms with Gasteiger partial charge in [-0.15, -0.1) is 11.3 Å². The number of methoxy groups -OCH3 is 1. The third-order valence-corrected chi connectivity index (χ3v) is 5.81. The van der Waals surface area contributed by atoms with Crippen LogP contribution >= 0.6 is 11.3 Å². The van der Waals surface area contributed by atoms with E-state index in [2.05, 4.69) is 9.97 Å². The summed E-state index contributed by atoms with van der Waals surface area (Å²) in [4.78, 5) is 34.5. The molecule has 0 amide bonds. The highest BCUT2D eigenvalue weighted by Gasteiger charge is 2.27.